The number of halogens is 1. The lowest BCUT2D eigenvalue weighted by atomic mass is 10.1. The molecule has 1 N–H and O–H groups in total. The van der Waals surface area contributed by atoms with Crippen LogP contribution in [0, 0.1) is 5.82 Å². The Balaban J connectivity index is 1.38. The summed E-state index contributed by atoms with van der Waals surface area (Å²) in [6, 6.07) is 9.39. The number of methoxy groups -OCH3 is 3. The number of nitrogens with zero attached hydrogens (tertiary/aromatic N) is 4. The van der Waals surface area contributed by atoms with Gasteiger partial charge in [-0.15, -0.1) is 0 Å². The van der Waals surface area contributed by atoms with Crippen molar-refractivity contribution < 1.29 is 23.4 Å². The van der Waals surface area contributed by atoms with Crippen LogP contribution in [0.2, 0.25) is 0 Å². The van der Waals surface area contributed by atoms with E-state index in [1.807, 2.05) is 0 Å². The van der Waals surface area contributed by atoms with Crippen LogP contribution in [0.3, 0.4) is 0 Å². The number of nitrogens with one attached hydrogen (secondary N) is 1. The summed E-state index contributed by atoms with van der Waals surface area (Å²) in [7, 11) is 4.56. The lowest BCUT2D eigenvalue weighted by Gasteiger charge is -2.12. The summed E-state index contributed by atoms with van der Waals surface area (Å²) in [4.78, 5) is 29.5. The minimum Gasteiger partial charge on any atom is -0.493 e. The van der Waals surface area contributed by atoms with Crippen molar-refractivity contribution in [2.45, 2.75) is 13.1 Å². The van der Waals surface area contributed by atoms with Crippen LogP contribution in [0.25, 0.3) is 17.1 Å². The van der Waals surface area contributed by atoms with Crippen molar-refractivity contribution in [2.75, 3.05) is 27.9 Å². The van der Waals surface area contributed by atoms with Gasteiger partial charge in [0.2, 0.25) is 11.7 Å². The Morgan fingerprint density at radius 1 is 1.08 bits per heavy atom. The van der Waals surface area contributed by atoms with E-state index in [-0.39, 0.29) is 30.4 Å². The number of aromatic nitrogens is 4. The zero-order valence-electron chi connectivity index (χ0n) is 20.6. The summed E-state index contributed by atoms with van der Waals surface area (Å²) in [5.74, 6) is 0.789. The van der Waals surface area contributed by atoms with Crippen molar-refractivity contribution in [3.8, 4) is 17.2 Å². The quantitative estimate of drug-likeness (QED) is 0.329. The molecule has 0 aliphatic heterocycles. The second-order valence-corrected chi connectivity index (χ2v) is 7.99. The molecule has 0 unspecified atom stereocenters. The van der Waals surface area contributed by atoms with Crippen molar-refractivity contribution in [3.05, 3.63) is 82.3 Å². The van der Waals surface area contributed by atoms with Crippen molar-refractivity contribution in [3.63, 3.8) is 0 Å². The van der Waals surface area contributed by atoms with E-state index in [0.29, 0.717) is 40.4 Å². The van der Waals surface area contributed by atoms with Crippen LogP contribution in [0.1, 0.15) is 11.1 Å². The van der Waals surface area contributed by atoms with Gasteiger partial charge in [0, 0.05) is 12.6 Å². The molecular weight excluding hydrogens is 481 g/mol. The first kappa shape index (κ1) is 25.4. The number of carbonyl (C=O) groups is 1. The zero-order chi connectivity index (χ0) is 26.4. The molecule has 0 aliphatic rings. The van der Waals surface area contributed by atoms with Crippen molar-refractivity contribution >= 4 is 23.0 Å². The van der Waals surface area contributed by atoms with Gasteiger partial charge in [0.15, 0.2) is 17.1 Å². The number of fused-ring (bicyclic) bond motifs is 1. The van der Waals surface area contributed by atoms with E-state index >= 15 is 0 Å². The van der Waals surface area contributed by atoms with Crippen LogP contribution in [0.4, 0.5) is 4.39 Å². The second kappa shape index (κ2) is 11.4. The van der Waals surface area contributed by atoms with Gasteiger partial charge in [-0.1, -0.05) is 12.1 Å². The monoisotopic (exact) mass is 507 g/mol. The van der Waals surface area contributed by atoms with Gasteiger partial charge in [0.05, 0.1) is 40.6 Å². The number of benzene rings is 2. The molecule has 37 heavy (non-hydrogen) atoms. The number of hydrogen-bond donors (Lipinski definition) is 1. The summed E-state index contributed by atoms with van der Waals surface area (Å²) >= 11 is 0. The molecule has 192 valence electrons. The third-order valence-corrected chi connectivity index (χ3v) is 5.63. The predicted octanol–water partition coefficient (Wildman–Crippen LogP) is 2.64. The largest absolute Gasteiger partial charge is 0.493 e. The molecule has 2 aromatic carbocycles. The van der Waals surface area contributed by atoms with Crippen molar-refractivity contribution in [1.29, 1.82) is 0 Å². The molecular formula is C26H26FN5O5. The molecule has 0 radical (unpaired) electrons. The standard InChI is InChI=1S/C26H26FN5O5/c1-35-21-12-18(13-22(36-2)24(21)37-3)6-9-23(33)28-10-11-32-25-20(14-30-32)26(34)31(16-29-25)15-17-4-7-19(27)8-5-17/h4-9,12-14,16H,10-11,15H2,1-3H3,(H,28,33)/b9-6+. The Kier molecular flexibility index (Phi) is 7.82. The molecule has 4 rings (SSSR count). The topological polar surface area (TPSA) is 110 Å². The molecule has 0 saturated heterocycles. The van der Waals surface area contributed by atoms with Crippen LogP contribution in [-0.2, 0) is 17.9 Å². The average Bonchev–Trinajstić information content (AvgIpc) is 3.33. The predicted molar refractivity (Wildman–Crippen MR) is 135 cm³/mol. The molecule has 4 aromatic rings. The van der Waals surface area contributed by atoms with Crippen LogP contribution in [0.15, 0.2) is 59.8 Å². The minimum absolute atomic E-state index is 0.252. The first-order valence-corrected chi connectivity index (χ1v) is 11.3. The van der Waals surface area contributed by atoms with Gasteiger partial charge in [0.25, 0.3) is 5.56 Å². The fraction of sp³-hybridized carbons (Fsp3) is 0.231. The zero-order valence-corrected chi connectivity index (χ0v) is 20.6. The fourth-order valence-corrected chi connectivity index (χ4v) is 3.77. The minimum atomic E-state index is -0.338. The molecule has 1 amide bonds. The molecule has 0 spiro atoms. The van der Waals surface area contributed by atoms with Gasteiger partial charge in [-0.2, -0.15) is 5.10 Å². The molecule has 0 bridgehead atoms. The van der Waals surface area contributed by atoms with Gasteiger partial charge in [-0.25, -0.2) is 14.1 Å². The summed E-state index contributed by atoms with van der Waals surface area (Å²) in [6.45, 7) is 0.860. The lowest BCUT2D eigenvalue weighted by Crippen LogP contribution is -2.26. The molecule has 10 nitrogen and oxygen atoms in total. The number of hydrogen-bond acceptors (Lipinski definition) is 7. The summed E-state index contributed by atoms with van der Waals surface area (Å²) in [5.41, 5.74) is 1.64. The Morgan fingerprint density at radius 2 is 1.78 bits per heavy atom. The number of amides is 1. The highest BCUT2D eigenvalue weighted by Crippen LogP contribution is 2.38. The maximum atomic E-state index is 13.1. The van der Waals surface area contributed by atoms with E-state index < -0.39 is 0 Å². The van der Waals surface area contributed by atoms with Gasteiger partial charge in [0.1, 0.15) is 17.5 Å². The second-order valence-electron chi connectivity index (χ2n) is 7.99. The molecule has 2 heterocycles. The Morgan fingerprint density at radius 3 is 2.43 bits per heavy atom. The first-order valence-electron chi connectivity index (χ1n) is 11.3. The van der Waals surface area contributed by atoms with E-state index in [1.165, 1.54) is 56.6 Å². The molecule has 0 saturated carbocycles. The van der Waals surface area contributed by atoms with Crippen LogP contribution in [0.5, 0.6) is 17.2 Å². The van der Waals surface area contributed by atoms with Gasteiger partial charge in [-0.3, -0.25) is 14.2 Å². The SMILES string of the molecule is COc1cc(/C=C/C(=O)NCCn2ncc3c(=O)n(Cc4ccc(F)cc4)cnc32)cc(OC)c1OC. The van der Waals surface area contributed by atoms with Crippen LogP contribution >= 0.6 is 0 Å². The highest BCUT2D eigenvalue weighted by Gasteiger charge is 2.13. The highest BCUT2D eigenvalue weighted by molar-refractivity contribution is 5.91. The van der Waals surface area contributed by atoms with E-state index in [1.54, 1.807) is 35.0 Å². The maximum absolute atomic E-state index is 13.1. The van der Waals surface area contributed by atoms with Crippen molar-refractivity contribution in [2.24, 2.45) is 0 Å². The first-order chi connectivity index (χ1) is 17.9. The molecule has 2 aromatic heterocycles. The fourth-order valence-electron chi connectivity index (χ4n) is 3.77. The number of ether oxygens (including phenoxy) is 3. The molecule has 11 heteroatoms. The molecule has 0 aliphatic carbocycles. The smallest absolute Gasteiger partial charge is 0.264 e. The van der Waals surface area contributed by atoms with Gasteiger partial charge in [-0.05, 0) is 41.5 Å². The number of rotatable bonds is 10. The van der Waals surface area contributed by atoms with Crippen LogP contribution < -0.4 is 25.1 Å². The third-order valence-electron chi connectivity index (χ3n) is 5.63. The van der Waals surface area contributed by atoms with E-state index in [9.17, 15) is 14.0 Å². The van der Waals surface area contributed by atoms with E-state index in [0.717, 1.165) is 5.56 Å². The van der Waals surface area contributed by atoms with Gasteiger partial charge < -0.3 is 19.5 Å². The normalized spacial score (nSPS) is 11.1. The molecule has 0 fully saturated rings. The van der Waals surface area contributed by atoms with Crippen molar-refractivity contribution in [1.82, 2.24) is 24.6 Å². The van der Waals surface area contributed by atoms with E-state index in [2.05, 4.69) is 15.4 Å². The van der Waals surface area contributed by atoms with Gasteiger partial charge >= 0.3 is 0 Å². The lowest BCUT2D eigenvalue weighted by molar-refractivity contribution is -0.116. The molecule has 0 atom stereocenters. The Bertz CT molecular complexity index is 1470. The highest BCUT2D eigenvalue weighted by atomic mass is 19.1. The van der Waals surface area contributed by atoms with E-state index in [4.69, 9.17) is 14.2 Å². The Labute approximate surface area is 211 Å². The van der Waals surface area contributed by atoms with Crippen LogP contribution in [-0.4, -0.2) is 53.1 Å². The summed E-state index contributed by atoms with van der Waals surface area (Å²) in [5, 5.41) is 7.39. The average molecular weight is 508 g/mol. The maximum Gasteiger partial charge on any atom is 0.264 e. The number of carbonyl (C=O) groups excluding carboxylic acids is 1. The Hall–Kier alpha value is -4.67. The summed E-state index contributed by atoms with van der Waals surface area (Å²) in [6.07, 6.45) is 5.92. The summed E-state index contributed by atoms with van der Waals surface area (Å²) < 4.78 is 32.1. The third kappa shape index (κ3) is 5.77.